The van der Waals surface area contributed by atoms with Gasteiger partial charge in [-0.25, -0.2) is 15.0 Å². The smallest absolute Gasteiger partial charge is 0.253 e. The molecule has 0 spiro atoms. The summed E-state index contributed by atoms with van der Waals surface area (Å²) < 4.78 is 0. The van der Waals surface area contributed by atoms with Crippen molar-refractivity contribution in [1.29, 1.82) is 0 Å². The number of hydrogen-bond donors (Lipinski definition) is 3. The van der Waals surface area contributed by atoms with Gasteiger partial charge in [-0.15, -0.1) is 0 Å². The van der Waals surface area contributed by atoms with E-state index in [1.54, 1.807) is 0 Å². The van der Waals surface area contributed by atoms with Gasteiger partial charge < -0.3 is 16.0 Å². The molecule has 0 saturated carbocycles. The monoisotopic (exact) mass is 306 g/mol. The molecule has 0 aliphatic rings. The Bertz CT molecular complexity index is 712. The summed E-state index contributed by atoms with van der Waals surface area (Å²) in [6.45, 7) is 5.97. The Kier molecular flexibility index (Phi) is 4.46. The zero-order valence-electron chi connectivity index (χ0n) is 12.4. The Hall–Kier alpha value is -2.09. The second-order valence-corrected chi connectivity index (χ2v) is 5.82. The van der Waals surface area contributed by atoms with Gasteiger partial charge in [-0.05, 0) is 18.7 Å². The van der Waals surface area contributed by atoms with E-state index in [1.165, 1.54) is 17.8 Å². The zero-order valence-corrected chi connectivity index (χ0v) is 13.2. The number of aromatic nitrogens is 4. The summed E-state index contributed by atoms with van der Waals surface area (Å²) in [6.07, 6.45) is 0. The van der Waals surface area contributed by atoms with Crippen LogP contribution in [0.1, 0.15) is 31.2 Å². The van der Waals surface area contributed by atoms with Crippen molar-refractivity contribution in [2.75, 3.05) is 18.1 Å². The number of hydrogen-bond acceptors (Lipinski definition) is 7. The fraction of sp³-hybridized carbons (Fsp3) is 0.385. The molecule has 2 aromatic rings. The minimum Gasteiger partial charge on any atom is -0.383 e. The van der Waals surface area contributed by atoms with E-state index >= 15 is 0 Å². The molecule has 4 N–H and O–H groups in total. The van der Waals surface area contributed by atoms with Gasteiger partial charge in [0, 0.05) is 24.6 Å². The first-order valence-electron chi connectivity index (χ1n) is 6.51. The van der Waals surface area contributed by atoms with Crippen LogP contribution in [0.2, 0.25) is 0 Å². The number of nitrogens with two attached hydrogens (primary N) is 1. The molecule has 8 heteroatoms. The molecule has 0 aliphatic heterocycles. The number of aromatic amines is 1. The lowest BCUT2D eigenvalue weighted by molar-refractivity contribution is 0.749. The molecule has 0 unspecified atom stereocenters. The van der Waals surface area contributed by atoms with Gasteiger partial charge >= 0.3 is 0 Å². The molecule has 2 heterocycles. The highest BCUT2D eigenvalue weighted by atomic mass is 32.2. The molecule has 7 nitrogen and oxygen atoms in total. The third-order valence-corrected chi connectivity index (χ3v) is 3.78. The first kappa shape index (κ1) is 15.3. The highest BCUT2D eigenvalue weighted by Crippen LogP contribution is 2.30. The summed E-state index contributed by atoms with van der Waals surface area (Å²) >= 11 is 1.27. The Morgan fingerprint density at radius 1 is 1.33 bits per heavy atom. The van der Waals surface area contributed by atoms with E-state index in [9.17, 15) is 4.79 Å². The minimum absolute atomic E-state index is 0.186. The molecule has 0 bridgehead atoms. The summed E-state index contributed by atoms with van der Waals surface area (Å²) in [6, 6.07) is 1.25. The van der Waals surface area contributed by atoms with Crippen molar-refractivity contribution in [2.24, 2.45) is 0 Å². The molecule has 112 valence electrons. The van der Waals surface area contributed by atoms with Crippen molar-refractivity contribution in [3.05, 3.63) is 27.8 Å². The van der Waals surface area contributed by atoms with Crippen molar-refractivity contribution in [2.45, 2.75) is 36.9 Å². The van der Waals surface area contributed by atoms with Gasteiger partial charge in [0.05, 0.1) is 0 Å². The fourth-order valence-corrected chi connectivity index (χ4v) is 2.58. The van der Waals surface area contributed by atoms with E-state index in [-0.39, 0.29) is 17.3 Å². The van der Waals surface area contributed by atoms with Gasteiger partial charge in [-0.1, -0.05) is 13.8 Å². The van der Waals surface area contributed by atoms with Crippen LogP contribution in [0.25, 0.3) is 0 Å². The van der Waals surface area contributed by atoms with Crippen LogP contribution in [-0.2, 0) is 0 Å². The second-order valence-electron chi connectivity index (χ2n) is 4.84. The number of nitrogens with one attached hydrogen (secondary N) is 2. The topological polar surface area (TPSA) is 110 Å². The number of anilines is 2. The van der Waals surface area contributed by atoms with Gasteiger partial charge in [0.25, 0.3) is 5.56 Å². The normalized spacial score (nSPS) is 10.9. The summed E-state index contributed by atoms with van der Waals surface area (Å²) in [7, 11) is 1.81. The first-order chi connectivity index (χ1) is 9.90. The number of rotatable bonds is 4. The lowest BCUT2D eigenvalue weighted by Crippen LogP contribution is -2.10. The number of H-pyrrole nitrogens is 1. The van der Waals surface area contributed by atoms with Crippen molar-refractivity contribution in [3.63, 3.8) is 0 Å². The number of nitrogen functional groups attached to an aromatic ring is 1. The van der Waals surface area contributed by atoms with Gasteiger partial charge in [0.1, 0.15) is 22.5 Å². The van der Waals surface area contributed by atoms with E-state index in [4.69, 9.17) is 5.73 Å². The largest absolute Gasteiger partial charge is 0.383 e. The van der Waals surface area contributed by atoms with Crippen LogP contribution >= 0.6 is 11.8 Å². The third kappa shape index (κ3) is 3.52. The lowest BCUT2D eigenvalue weighted by atomic mass is 10.2. The van der Waals surface area contributed by atoms with Crippen molar-refractivity contribution >= 4 is 23.4 Å². The SMILES string of the molecule is CNc1nc(C(C)C)nc(Sc2nc(N)cc(=O)[nH]2)c1C. The Labute approximate surface area is 126 Å². The van der Waals surface area contributed by atoms with Crippen molar-refractivity contribution < 1.29 is 0 Å². The molecule has 21 heavy (non-hydrogen) atoms. The van der Waals surface area contributed by atoms with Crippen LogP contribution in [0.5, 0.6) is 0 Å². The Morgan fingerprint density at radius 2 is 2.05 bits per heavy atom. The third-order valence-electron chi connectivity index (χ3n) is 2.80. The van der Waals surface area contributed by atoms with Crippen LogP contribution in [-0.4, -0.2) is 27.0 Å². The van der Waals surface area contributed by atoms with Crippen LogP contribution in [0, 0.1) is 6.92 Å². The van der Waals surface area contributed by atoms with Gasteiger partial charge in [0.15, 0.2) is 5.16 Å². The molecule has 0 radical (unpaired) electrons. The average Bonchev–Trinajstić information content (AvgIpc) is 2.39. The van der Waals surface area contributed by atoms with E-state index in [0.29, 0.717) is 5.16 Å². The Balaban J connectivity index is 2.47. The summed E-state index contributed by atoms with van der Waals surface area (Å²) in [5, 5.41) is 4.22. The highest BCUT2D eigenvalue weighted by molar-refractivity contribution is 7.99. The molecule has 0 saturated heterocycles. The van der Waals surface area contributed by atoms with E-state index in [0.717, 1.165) is 22.2 Å². The molecule has 0 aromatic carbocycles. The zero-order chi connectivity index (χ0) is 15.6. The molecule has 0 amide bonds. The summed E-state index contributed by atoms with van der Waals surface area (Å²) in [5.74, 6) is 1.89. The maximum Gasteiger partial charge on any atom is 0.253 e. The molecule has 0 atom stereocenters. The molecule has 0 aliphatic carbocycles. The maximum atomic E-state index is 11.5. The van der Waals surface area contributed by atoms with Crippen LogP contribution in [0.15, 0.2) is 21.0 Å². The second kappa shape index (κ2) is 6.13. The maximum absolute atomic E-state index is 11.5. The standard InChI is InChI=1S/C13H18N6OS/c1-6(2)10-18-11(15-4)7(3)12(19-10)21-13-16-8(14)5-9(20)17-13/h5-6H,1-4H3,(H,15,18,19)(H3,14,16,17,20). The molecular weight excluding hydrogens is 288 g/mol. The number of nitrogens with zero attached hydrogens (tertiary/aromatic N) is 3. The quantitative estimate of drug-likeness (QED) is 0.583. The van der Waals surface area contributed by atoms with E-state index < -0.39 is 0 Å². The Morgan fingerprint density at radius 3 is 2.62 bits per heavy atom. The van der Waals surface area contributed by atoms with E-state index in [2.05, 4.69) is 25.3 Å². The summed E-state index contributed by atoms with van der Waals surface area (Å²) in [4.78, 5) is 27.2. The molecule has 2 rings (SSSR count). The van der Waals surface area contributed by atoms with Crippen LogP contribution in [0.3, 0.4) is 0 Å². The predicted octanol–water partition coefficient (Wildman–Crippen LogP) is 1.77. The van der Waals surface area contributed by atoms with Gasteiger partial charge in [0.2, 0.25) is 0 Å². The first-order valence-corrected chi connectivity index (χ1v) is 7.33. The van der Waals surface area contributed by atoms with Crippen molar-refractivity contribution in [3.8, 4) is 0 Å². The lowest BCUT2D eigenvalue weighted by Gasteiger charge is -2.13. The minimum atomic E-state index is -0.283. The van der Waals surface area contributed by atoms with Gasteiger partial charge in [-0.3, -0.25) is 4.79 Å². The van der Waals surface area contributed by atoms with Crippen molar-refractivity contribution in [1.82, 2.24) is 19.9 Å². The van der Waals surface area contributed by atoms with Crippen LogP contribution in [0.4, 0.5) is 11.6 Å². The molecule has 0 fully saturated rings. The fourth-order valence-electron chi connectivity index (χ4n) is 1.71. The predicted molar refractivity (Wildman–Crippen MR) is 83.8 cm³/mol. The molecular formula is C13H18N6OS. The van der Waals surface area contributed by atoms with E-state index in [1.807, 2.05) is 27.8 Å². The average molecular weight is 306 g/mol. The summed E-state index contributed by atoms with van der Waals surface area (Å²) in [5.41, 5.74) is 6.21. The molecule has 2 aromatic heterocycles. The van der Waals surface area contributed by atoms with Crippen LogP contribution < -0.4 is 16.6 Å². The highest BCUT2D eigenvalue weighted by Gasteiger charge is 2.14. The van der Waals surface area contributed by atoms with Gasteiger partial charge in [-0.2, -0.15) is 0 Å².